The lowest BCUT2D eigenvalue weighted by molar-refractivity contribution is 0.790. The van der Waals surface area contributed by atoms with Crippen LogP contribution in [-0.2, 0) is 13.1 Å². The molecule has 2 heterocycles. The average molecular weight is 292 g/mol. The summed E-state index contributed by atoms with van der Waals surface area (Å²) in [6, 6.07) is 2.52. The number of hydrogen-bond acceptors (Lipinski definition) is 4. The van der Waals surface area contributed by atoms with Gasteiger partial charge in [-0.1, -0.05) is 11.8 Å². The van der Waals surface area contributed by atoms with Crippen molar-refractivity contribution in [3.8, 4) is 24.7 Å². The van der Waals surface area contributed by atoms with Crippen LogP contribution in [0.15, 0.2) is 31.3 Å². The summed E-state index contributed by atoms with van der Waals surface area (Å²) < 4.78 is 1.79. The van der Waals surface area contributed by atoms with Crippen LogP contribution in [0.25, 0.3) is 21.5 Å². The maximum Gasteiger partial charge on any atom is 0.262 e. The van der Waals surface area contributed by atoms with Crippen LogP contribution in [-0.4, -0.2) is 9.13 Å². The zero-order valence-corrected chi connectivity index (χ0v) is 11.3. The lowest BCUT2D eigenvalue weighted by Crippen LogP contribution is -2.25. The van der Waals surface area contributed by atoms with Crippen LogP contribution in [0.4, 0.5) is 0 Å². The van der Waals surface area contributed by atoms with Crippen LogP contribution in [0.2, 0.25) is 0 Å². The predicted octanol–water partition coefficient (Wildman–Crippen LogP) is -0.821. The van der Waals surface area contributed by atoms with Crippen LogP contribution < -0.4 is 22.2 Å². The Morgan fingerprint density at radius 1 is 0.682 bits per heavy atom. The normalized spacial score (nSPS) is 10.8. The lowest BCUT2D eigenvalue weighted by atomic mass is 10.1. The molecule has 6 heteroatoms. The first-order valence-corrected chi connectivity index (χ1v) is 6.28. The molecule has 6 nitrogen and oxygen atoms in total. The molecule has 106 valence electrons. The molecule has 22 heavy (non-hydrogen) atoms. The smallest absolute Gasteiger partial charge is 0.262 e. The molecule has 1 aromatic carbocycles. The summed E-state index contributed by atoms with van der Waals surface area (Å²) >= 11 is 0. The number of rotatable bonds is 2. The average Bonchev–Trinajstić information content (AvgIpc) is 2.88. The van der Waals surface area contributed by atoms with Gasteiger partial charge in [0.1, 0.15) is 0 Å². The van der Waals surface area contributed by atoms with E-state index in [0.29, 0.717) is 0 Å². The molecule has 0 saturated carbocycles. The third-order valence-electron chi connectivity index (χ3n) is 3.56. The zero-order chi connectivity index (χ0) is 16.0. The van der Waals surface area contributed by atoms with E-state index in [2.05, 4.69) is 11.8 Å². The summed E-state index contributed by atoms with van der Waals surface area (Å²) in [6.07, 6.45) is 10.3. The summed E-state index contributed by atoms with van der Waals surface area (Å²) in [6.45, 7) is -0.329. The van der Waals surface area contributed by atoms with Gasteiger partial charge in [0.25, 0.3) is 22.2 Å². The van der Waals surface area contributed by atoms with Gasteiger partial charge in [0.05, 0.1) is 34.6 Å². The molecule has 0 amide bonds. The number of benzene rings is 1. The largest absolute Gasteiger partial charge is 0.269 e. The monoisotopic (exact) mass is 292 g/mol. The molecule has 0 radical (unpaired) electrons. The van der Waals surface area contributed by atoms with Crippen LogP contribution in [0.5, 0.6) is 0 Å². The molecule has 0 atom stereocenters. The van der Waals surface area contributed by atoms with Crippen molar-refractivity contribution in [2.45, 2.75) is 13.1 Å². The Morgan fingerprint density at radius 3 is 1.18 bits per heavy atom. The molecule has 3 rings (SSSR count). The minimum absolute atomic E-state index is 0.0720. The van der Waals surface area contributed by atoms with Crippen LogP contribution in [0.3, 0.4) is 0 Å². The van der Waals surface area contributed by atoms with E-state index in [1.165, 1.54) is 12.1 Å². The maximum atomic E-state index is 12.2. The van der Waals surface area contributed by atoms with Gasteiger partial charge in [0, 0.05) is 0 Å². The Hall–Kier alpha value is -3.38. The molecular formula is C16H8N2O4. The van der Waals surface area contributed by atoms with E-state index in [0.717, 1.165) is 9.13 Å². The van der Waals surface area contributed by atoms with Gasteiger partial charge in [0.2, 0.25) is 0 Å². The Kier molecular flexibility index (Phi) is 2.83. The topological polar surface area (TPSA) is 78.1 Å². The first-order valence-electron chi connectivity index (χ1n) is 6.28. The van der Waals surface area contributed by atoms with E-state index in [-0.39, 0.29) is 34.6 Å². The predicted molar refractivity (Wildman–Crippen MR) is 82.6 cm³/mol. The fraction of sp³-hybridized carbons (Fsp3) is 0.125. The van der Waals surface area contributed by atoms with Crippen molar-refractivity contribution in [2.24, 2.45) is 0 Å². The molecule has 2 aromatic heterocycles. The summed E-state index contributed by atoms with van der Waals surface area (Å²) in [5.74, 6) is 4.45. The highest BCUT2D eigenvalue weighted by Crippen LogP contribution is 2.14. The van der Waals surface area contributed by atoms with Crippen molar-refractivity contribution in [1.29, 1.82) is 0 Å². The van der Waals surface area contributed by atoms with Gasteiger partial charge in [0.15, 0.2) is 0 Å². The minimum Gasteiger partial charge on any atom is -0.269 e. The van der Waals surface area contributed by atoms with Gasteiger partial charge in [-0.25, -0.2) is 0 Å². The molecule has 0 fully saturated rings. The van der Waals surface area contributed by atoms with Crippen molar-refractivity contribution in [1.82, 2.24) is 9.13 Å². The molecule has 3 aromatic rings. The molecule has 0 aliphatic rings. The van der Waals surface area contributed by atoms with Crippen molar-refractivity contribution < 1.29 is 0 Å². The highest BCUT2D eigenvalue weighted by atomic mass is 16.2. The van der Waals surface area contributed by atoms with Crippen molar-refractivity contribution in [3.63, 3.8) is 0 Å². The van der Waals surface area contributed by atoms with Crippen LogP contribution in [0.1, 0.15) is 0 Å². The number of hydrogen-bond donors (Lipinski definition) is 0. The molecule has 0 aliphatic carbocycles. The standard InChI is InChI=1S/C16H8N2O4/c1-3-5-17-13(19)9-7-11-12(8-10(9)14(17)20)16(22)18(6-4-2)15(11)21/h1-2,7-8H,5-6H2. The lowest BCUT2D eigenvalue weighted by Gasteiger charge is -1.88. The maximum absolute atomic E-state index is 12.2. The van der Waals surface area contributed by atoms with Gasteiger partial charge < -0.3 is 0 Å². The zero-order valence-electron chi connectivity index (χ0n) is 11.3. The van der Waals surface area contributed by atoms with Crippen molar-refractivity contribution in [3.05, 3.63) is 53.5 Å². The molecule has 0 spiro atoms. The highest BCUT2D eigenvalue weighted by molar-refractivity contribution is 5.97. The second-order valence-corrected chi connectivity index (χ2v) is 4.74. The SMILES string of the molecule is C#CCn1c(=O)c2cc3c(=O)n(CC#C)c(=O)c3cc2c1=O. The van der Waals surface area contributed by atoms with E-state index >= 15 is 0 Å². The Balaban J connectivity index is 2.54. The van der Waals surface area contributed by atoms with E-state index < -0.39 is 22.2 Å². The van der Waals surface area contributed by atoms with Crippen molar-refractivity contribution in [2.75, 3.05) is 0 Å². The van der Waals surface area contributed by atoms with Gasteiger partial charge in [-0.2, -0.15) is 0 Å². The van der Waals surface area contributed by atoms with E-state index in [9.17, 15) is 19.2 Å². The first-order chi connectivity index (χ1) is 10.5. The Bertz CT molecular complexity index is 1050. The van der Waals surface area contributed by atoms with Gasteiger partial charge in [-0.3, -0.25) is 28.3 Å². The molecule has 0 aliphatic heterocycles. The fourth-order valence-corrected chi connectivity index (χ4v) is 2.54. The molecule has 0 saturated heterocycles. The quantitative estimate of drug-likeness (QED) is 0.578. The third kappa shape index (κ3) is 1.58. The third-order valence-corrected chi connectivity index (χ3v) is 3.56. The first kappa shape index (κ1) is 13.6. The number of nitrogens with zero attached hydrogens (tertiary/aromatic N) is 2. The van der Waals surface area contributed by atoms with Gasteiger partial charge in [-0.05, 0) is 12.1 Å². The Labute approximate surface area is 122 Å². The minimum atomic E-state index is -0.573. The summed E-state index contributed by atoms with van der Waals surface area (Å²) in [7, 11) is 0. The summed E-state index contributed by atoms with van der Waals surface area (Å²) in [5.41, 5.74) is -2.29. The summed E-state index contributed by atoms with van der Waals surface area (Å²) in [4.78, 5) is 48.6. The number of aromatic nitrogens is 2. The molecule has 0 unspecified atom stereocenters. The van der Waals surface area contributed by atoms with E-state index in [1.807, 2.05) is 0 Å². The highest BCUT2D eigenvalue weighted by Gasteiger charge is 2.18. The van der Waals surface area contributed by atoms with Crippen molar-refractivity contribution >= 4 is 21.5 Å². The second-order valence-electron chi connectivity index (χ2n) is 4.74. The van der Waals surface area contributed by atoms with Crippen LogP contribution in [0, 0.1) is 24.7 Å². The Morgan fingerprint density at radius 2 is 0.955 bits per heavy atom. The molecule has 0 N–H and O–H groups in total. The molecular weight excluding hydrogens is 284 g/mol. The number of terminal acetylenes is 2. The second kappa shape index (κ2) is 4.57. The van der Waals surface area contributed by atoms with E-state index in [1.54, 1.807) is 0 Å². The molecule has 0 bridgehead atoms. The fourth-order valence-electron chi connectivity index (χ4n) is 2.54. The van der Waals surface area contributed by atoms with E-state index in [4.69, 9.17) is 12.8 Å². The summed E-state index contributed by atoms with van der Waals surface area (Å²) in [5, 5.41) is 0.288. The van der Waals surface area contributed by atoms with Gasteiger partial charge in [-0.15, -0.1) is 12.8 Å². The van der Waals surface area contributed by atoms with Gasteiger partial charge >= 0.3 is 0 Å². The van der Waals surface area contributed by atoms with Crippen LogP contribution >= 0.6 is 0 Å². The number of fused-ring (bicyclic) bond motifs is 2.